The van der Waals surface area contributed by atoms with Crippen LogP contribution in [0.15, 0.2) is 43.0 Å². The third-order valence-electron chi connectivity index (χ3n) is 4.65. The molecule has 1 aliphatic rings. The average molecular weight is 352 g/mol. The van der Waals surface area contributed by atoms with E-state index in [2.05, 4.69) is 30.5 Å². The maximum atomic E-state index is 12.7. The summed E-state index contributed by atoms with van der Waals surface area (Å²) in [4.78, 5) is 23.5. The first kappa shape index (κ1) is 16.2. The monoisotopic (exact) mass is 352 g/mol. The van der Waals surface area contributed by atoms with E-state index in [4.69, 9.17) is 0 Å². The Balaban J connectivity index is 1.58. The van der Waals surface area contributed by atoms with Gasteiger partial charge in [-0.15, -0.1) is 5.10 Å². The van der Waals surface area contributed by atoms with Gasteiger partial charge in [0.05, 0.1) is 18.3 Å². The molecule has 9 heteroatoms. The number of amides is 1. The summed E-state index contributed by atoms with van der Waals surface area (Å²) in [6.45, 7) is 3.18. The predicted molar refractivity (Wildman–Crippen MR) is 94.7 cm³/mol. The first-order valence-electron chi connectivity index (χ1n) is 8.44. The molecule has 0 aromatic carbocycles. The SMILES string of the molecule is Cc1nccc(N2C[C@@H](NC(=O)c3cccn3C)[C@@H](n3ccnn3)C2)n1. The fourth-order valence-electron chi connectivity index (χ4n) is 3.34. The van der Waals surface area contributed by atoms with Crippen LogP contribution >= 0.6 is 0 Å². The van der Waals surface area contributed by atoms with E-state index in [-0.39, 0.29) is 18.0 Å². The molecule has 1 amide bonds. The minimum atomic E-state index is -0.116. The van der Waals surface area contributed by atoms with Crippen molar-refractivity contribution in [3.63, 3.8) is 0 Å². The van der Waals surface area contributed by atoms with Crippen molar-refractivity contribution >= 4 is 11.7 Å². The van der Waals surface area contributed by atoms with Gasteiger partial charge >= 0.3 is 0 Å². The zero-order valence-electron chi connectivity index (χ0n) is 14.6. The number of carbonyl (C=O) groups is 1. The largest absolute Gasteiger partial charge is 0.352 e. The second-order valence-corrected chi connectivity index (χ2v) is 6.40. The van der Waals surface area contributed by atoms with Crippen molar-refractivity contribution in [2.24, 2.45) is 7.05 Å². The summed E-state index contributed by atoms with van der Waals surface area (Å²) in [5.41, 5.74) is 0.624. The van der Waals surface area contributed by atoms with Gasteiger partial charge in [0.1, 0.15) is 17.3 Å². The molecule has 3 aromatic rings. The van der Waals surface area contributed by atoms with Gasteiger partial charge in [-0.1, -0.05) is 5.21 Å². The van der Waals surface area contributed by atoms with Crippen LogP contribution in [0.3, 0.4) is 0 Å². The molecule has 1 aliphatic heterocycles. The number of anilines is 1. The van der Waals surface area contributed by atoms with Gasteiger partial charge in [0.2, 0.25) is 0 Å². The summed E-state index contributed by atoms with van der Waals surface area (Å²) in [6, 6.07) is 5.40. The molecule has 26 heavy (non-hydrogen) atoms. The Bertz CT molecular complexity index is 903. The summed E-state index contributed by atoms with van der Waals surface area (Å²) in [6.07, 6.45) is 7.07. The first-order valence-corrected chi connectivity index (χ1v) is 8.44. The number of nitrogens with zero attached hydrogens (tertiary/aromatic N) is 7. The van der Waals surface area contributed by atoms with E-state index in [9.17, 15) is 4.79 Å². The zero-order chi connectivity index (χ0) is 18.1. The van der Waals surface area contributed by atoms with Crippen molar-refractivity contribution in [2.45, 2.75) is 19.0 Å². The molecule has 3 aromatic heterocycles. The topological polar surface area (TPSA) is 93.8 Å². The highest BCUT2D eigenvalue weighted by Gasteiger charge is 2.36. The normalized spacial score (nSPS) is 19.7. The van der Waals surface area contributed by atoms with Crippen molar-refractivity contribution in [2.75, 3.05) is 18.0 Å². The third kappa shape index (κ3) is 3.03. The Labute approximate surface area is 150 Å². The Kier molecular flexibility index (Phi) is 4.11. The minimum absolute atomic E-state index is 0.0306. The number of hydrogen-bond donors (Lipinski definition) is 1. The van der Waals surface area contributed by atoms with Crippen LogP contribution in [0, 0.1) is 6.92 Å². The van der Waals surface area contributed by atoms with Crippen molar-refractivity contribution in [1.29, 1.82) is 0 Å². The molecule has 9 nitrogen and oxygen atoms in total. The quantitative estimate of drug-likeness (QED) is 0.738. The van der Waals surface area contributed by atoms with Gasteiger partial charge in [0, 0.05) is 38.7 Å². The van der Waals surface area contributed by atoms with Gasteiger partial charge < -0.3 is 14.8 Å². The van der Waals surface area contributed by atoms with Gasteiger partial charge in [-0.05, 0) is 25.1 Å². The summed E-state index contributed by atoms with van der Waals surface area (Å²) in [5.74, 6) is 1.46. The molecule has 1 N–H and O–H groups in total. The second-order valence-electron chi connectivity index (χ2n) is 6.40. The lowest BCUT2D eigenvalue weighted by molar-refractivity contribution is 0.0923. The molecule has 4 rings (SSSR count). The minimum Gasteiger partial charge on any atom is -0.352 e. The lowest BCUT2D eigenvalue weighted by Crippen LogP contribution is -2.42. The van der Waals surface area contributed by atoms with Crippen LogP contribution in [-0.2, 0) is 7.05 Å². The molecule has 0 radical (unpaired) electrons. The lowest BCUT2D eigenvalue weighted by atomic mass is 10.1. The summed E-state index contributed by atoms with van der Waals surface area (Å²) in [7, 11) is 1.86. The van der Waals surface area contributed by atoms with Crippen LogP contribution in [0.2, 0.25) is 0 Å². The number of aromatic nitrogens is 6. The van der Waals surface area contributed by atoms with Gasteiger partial charge in [-0.3, -0.25) is 4.79 Å². The molecule has 4 heterocycles. The Hall–Kier alpha value is -3.23. The fraction of sp³-hybridized carbons (Fsp3) is 0.353. The highest BCUT2D eigenvalue weighted by molar-refractivity contribution is 5.93. The first-order chi connectivity index (χ1) is 12.6. The van der Waals surface area contributed by atoms with E-state index >= 15 is 0 Å². The molecular weight excluding hydrogens is 332 g/mol. The maximum absolute atomic E-state index is 12.7. The molecular formula is C17H20N8O. The number of hydrogen-bond acceptors (Lipinski definition) is 6. The van der Waals surface area contributed by atoms with E-state index in [1.807, 2.05) is 38.5 Å². The number of carbonyl (C=O) groups excluding carboxylic acids is 1. The molecule has 0 bridgehead atoms. The van der Waals surface area contributed by atoms with Gasteiger partial charge in [-0.2, -0.15) is 0 Å². The van der Waals surface area contributed by atoms with Crippen LogP contribution in [-0.4, -0.2) is 54.6 Å². The van der Waals surface area contributed by atoms with Crippen molar-refractivity contribution in [3.8, 4) is 0 Å². The maximum Gasteiger partial charge on any atom is 0.268 e. The van der Waals surface area contributed by atoms with Crippen LogP contribution in [0.4, 0.5) is 5.82 Å². The smallest absolute Gasteiger partial charge is 0.268 e. The summed E-state index contributed by atoms with van der Waals surface area (Å²) in [5, 5.41) is 11.2. The van der Waals surface area contributed by atoms with E-state index in [1.54, 1.807) is 27.7 Å². The van der Waals surface area contributed by atoms with Crippen LogP contribution in [0.25, 0.3) is 0 Å². The van der Waals surface area contributed by atoms with E-state index in [0.717, 1.165) is 11.6 Å². The summed E-state index contributed by atoms with van der Waals surface area (Å²) < 4.78 is 3.60. The van der Waals surface area contributed by atoms with Crippen LogP contribution in [0.1, 0.15) is 22.4 Å². The van der Waals surface area contributed by atoms with Crippen molar-refractivity contribution in [1.82, 2.24) is 34.8 Å². The van der Waals surface area contributed by atoms with Gasteiger partial charge in [0.25, 0.3) is 5.91 Å². The molecule has 0 saturated carbocycles. The van der Waals surface area contributed by atoms with Crippen LogP contribution in [0.5, 0.6) is 0 Å². The third-order valence-corrected chi connectivity index (χ3v) is 4.65. The number of nitrogens with one attached hydrogen (secondary N) is 1. The standard InChI is InChI=1S/C17H20N8O/c1-12-18-6-5-16(20-12)24-10-13(15(11-24)25-9-7-19-22-25)21-17(26)14-4-3-8-23(14)2/h3-9,13,15H,10-11H2,1-2H3,(H,21,26)/t13-,15+/m1/s1. The van der Waals surface area contributed by atoms with Crippen LogP contribution < -0.4 is 10.2 Å². The van der Waals surface area contributed by atoms with Gasteiger partial charge in [-0.25, -0.2) is 14.6 Å². The van der Waals surface area contributed by atoms with Crippen molar-refractivity contribution in [3.05, 3.63) is 54.5 Å². The van der Waals surface area contributed by atoms with Crippen molar-refractivity contribution < 1.29 is 4.79 Å². The molecule has 1 fully saturated rings. The van der Waals surface area contributed by atoms with E-state index in [0.29, 0.717) is 18.8 Å². The molecule has 2 atom stereocenters. The molecule has 1 saturated heterocycles. The molecule has 0 unspecified atom stereocenters. The molecule has 0 spiro atoms. The number of aryl methyl sites for hydroxylation is 2. The van der Waals surface area contributed by atoms with Gasteiger partial charge in [0.15, 0.2) is 0 Å². The average Bonchev–Trinajstić information content (AvgIpc) is 3.34. The Morgan fingerprint density at radius 3 is 2.81 bits per heavy atom. The molecule has 134 valence electrons. The fourth-order valence-corrected chi connectivity index (χ4v) is 3.34. The van der Waals surface area contributed by atoms with E-state index < -0.39 is 0 Å². The predicted octanol–water partition coefficient (Wildman–Crippen LogP) is 0.575. The Morgan fingerprint density at radius 2 is 2.12 bits per heavy atom. The number of rotatable bonds is 4. The molecule has 0 aliphatic carbocycles. The second kappa shape index (κ2) is 6.58. The highest BCUT2D eigenvalue weighted by atomic mass is 16.2. The zero-order valence-corrected chi connectivity index (χ0v) is 14.6. The lowest BCUT2D eigenvalue weighted by Gasteiger charge is -2.19. The Morgan fingerprint density at radius 1 is 1.23 bits per heavy atom. The highest BCUT2D eigenvalue weighted by Crippen LogP contribution is 2.25. The summed E-state index contributed by atoms with van der Waals surface area (Å²) >= 11 is 0. The van der Waals surface area contributed by atoms with E-state index in [1.165, 1.54) is 0 Å².